The van der Waals surface area contributed by atoms with E-state index in [0.717, 1.165) is 17.0 Å². The quantitative estimate of drug-likeness (QED) is 0.830. The van der Waals surface area contributed by atoms with Gasteiger partial charge in [-0.25, -0.2) is 9.50 Å². The van der Waals surface area contributed by atoms with Crippen LogP contribution in [0.4, 0.5) is 0 Å². The summed E-state index contributed by atoms with van der Waals surface area (Å²) >= 11 is 0. The molecule has 0 bridgehead atoms. The molecule has 2 aromatic rings. The Labute approximate surface area is 106 Å². The second kappa shape index (κ2) is 4.76. The minimum atomic E-state index is -0.0237. The lowest BCUT2D eigenvalue weighted by Crippen LogP contribution is -2.31. The third-order valence-electron chi connectivity index (χ3n) is 3.00. The highest BCUT2D eigenvalue weighted by molar-refractivity contribution is 5.92. The molecule has 2 rings (SSSR count). The molecular formula is C13H18N4O. The number of carbonyl (C=O) groups is 1. The Bertz CT molecular complexity index is 584. The number of fused-ring (bicyclic) bond motifs is 1. The molecule has 0 unspecified atom stereocenters. The van der Waals surface area contributed by atoms with Crippen LogP contribution in [0.3, 0.4) is 0 Å². The fraction of sp³-hybridized carbons (Fsp3) is 0.462. The fourth-order valence-electron chi connectivity index (χ4n) is 2.02. The van der Waals surface area contributed by atoms with Crippen molar-refractivity contribution in [3.05, 3.63) is 29.2 Å². The molecule has 0 spiro atoms. The second-order valence-corrected chi connectivity index (χ2v) is 4.32. The number of aromatic nitrogens is 3. The zero-order valence-corrected chi connectivity index (χ0v) is 11.3. The monoisotopic (exact) mass is 246 g/mol. The lowest BCUT2D eigenvalue weighted by Gasteiger charge is -2.18. The highest BCUT2D eigenvalue weighted by Gasteiger charge is 2.16. The van der Waals surface area contributed by atoms with Gasteiger partial charge < -0.3 is 4.90 Å². The summed E-state index contributed by atoms with van der Waals surface area (Å²) in [7, 11) is 0. The van der Waals surface area contributed by atoms with Gasteiger partial charge in [0.15, 0.2) is 5.65 Å². The van der Waals surface area contributed by atoms with Crippen LogP contribution in [0.1, 0.15) is 35.7 Å². The van der Waals surface area contributed by atoms with Crippen LogP contribution in [0, 0.1) is 13.8 Å². The van der Waals surface area contributed by atoms with Crippen molar-refractivity contribution in [2.24, 2.45) is 0 Å². The Kier molecular flexibility index (Phi) is 3.32. The van der Waals surface area contributed by atoms with Gasteiger partial charge in [0.05, 0.1) is 5.69 Å². The van der Waals surface area contributed by atoms with Crippen LogP contribution in [-0.2, 0) is 0 Å². The van der Waals surface area contributed by atoms with Crippen molar-refractivity contribution in [1.29, 1.82) is 0 Å². The fourth-order valence-corrected chi connectivity index (χ4v) is 2.02. The van der Waals surface area contributed by atoms with Crippen LogP contribution in [0.2, 0.25) is 0 Å². The maximum absolute atomic E-state index is 12.2. The molecule has 0 atom stereocenters. The number of nitrogens with zero attached hydrogens (tertiary/aromatic N) is 4. The number of aryl methyl sites for hydroxylation is 2. The molecule has 0 N–H and O–H groups in total. The van der Waals surface area contributed by atoms with Gasteiger partial charge in [-0.3, -0.25) is 4.79 Å². The minimum absolute atomic E-state index is 0.0237. The van der Waals surface area contributed by atoms with Gasteiger partial charge in [0.2, 0.25) is 0 Å². The zero-order valence-electron chi connectivity index (χ0n) is 11.3. The maximum Gasteiger partial charge on any atom is 0.272 e. The molecule has 0 radical (unpaired) electrons. The summed E-state index contributed by atoms with van der Waals surface area (Å²) in [5.41, 5.74) is 3.04. The van der Waals surface area contributed by atoms with Crippen LogP contribution < -0.4 is 0 Å². The second-order valence-electron chi connectivity index (χ2n) is 4.32. The number of carbonyl (C=O) groups excluding carboxylic acids is 1. The molecule has 0 aliphatic rings. The topological polar surface area (TPSA) is 50.5 Å². The predicted octanol–water partition coefficient (Wildman–Crippen LogP) is 1.83. The first-order valence-electron chi connectivity index (χ1n) is 6.20. The van der Waals surface area contributed by atoms with Crippen LogP contribution >= 0.6 is 0 Å². The van der Waals surface area contributed by atoms with Crippen LogP contribution in [-0.4, -0.2) is 38.5 Å². The SMILES string of the molecule is CCN(CC)C(=O)c1cc(C)n2nc(C)cc2n1. The van der Waals surface area contributed by atoms with Gasteiger partial charge in [-0.15, -0.1) is 0 Å². The molecule has 5 heteroatoms. The largest absolute Gasteiger partial charge is 0.338 e. The summed E-state index contributed by atoms with van der Waals surface area (Å²) in [4.78, 5) is 18.4. The molecule has 5 nitrogen and oxygen atoms in total. The third kappa shape index (κ3) is 2.08. The molecule has 0 aliphatic heterocycles. The summed E-state index contributed by atoms with van der Waals surface area (Å²) < 4.78 is 1.76. The zero-order chi connectivity index (χ0) is 13.3. The van der Waals surface area contributed by atoms with Crippen LogP contribution in [0.15, 0.2) is 12.1 Å². The summed E-state index contributed by atoms with van der Waals surface area (Å²) in [5, 5.41) is 4.33. The van der Waals surface area contributed by atoms with Gasteiger partial charge in [-0.1, -0.05) is 0 Å². The average Bonchev–Trinajstić information content (AvgIpc) is 2.71. The van der Waals surface area contributed by atoms with Gasteiger partial charge in [0.1, 0.15) is 5.69 Å². The molecule has 0 aliphatic carbocycles. The number of hydrogen-bond donors (Lipinski definition) is 0. The normalized spacial score (nSPS) is 10.9. The highest BCUT2D eigenvalue weighted by atomic mass is 16.2. The Morgan fingerprint density at radius 1 is 1.28 bits per heavy atom. The lowest BCUT2D eigenvalue weighted by atomic mass is 10.3. The first-order chi connectivity index (χ1) is 8.56. The van der Waals surface area contributed by atoms with Crippen molar-refractivity contribution >= 4 is 11.6 Å². The van der Waals surface area contributed by atoms with Crippen molar-refractivity contribution in [3.8, 4) is 0 Å². The van der Waals surface area contributed by atoms with Gasteiger partial charge in [0.25, 0.3) is 5.91 Å². The first kappa shape index (κ1) is 12.5. The molecule has 2 heterocycles. The van der Waals surface area contributed by atoms with Crippen molar-refractivity contribution < 1.29 is 4.79 Å². The molecule has 18 heavy (non-hydrogen) atoms. The summed E-state index contributed by atoms with van der Waals surface area (Å²) in [6, 6.07) is 3.67. The Hall–Kier alpha value is -1.91. The molecule has 2 aromatic heterocycles. The summed E-state index contributed by atoms with van der Waals surface area (Å²) in [6.45, 7) is 9.17. The first-order valence-corrected chi connectivity index (χ1v) is 6.20. The van der Waals surface area contributed by atoms with Crippen LogP contribution in [0.5, 0.6) is 0 Å². The molecule has 1 amide bonds. The van der Waals surface area contributed by atoms with E-state index in [1.807, 2.05) is 33.8 Å². The summed E-state index contributed by atoms with van der Waals surface area (Å²) in [6.07, 6.45) is 0. The number of hydrogen-bond acceptors (Lipinski definition) is 3. The van der Waals surface area contributed by atoms with Crippen molar-refractivity contribution in [3.63, 3.8) is 0 Å². The van der Waals surface area contributed by atoms with E-state index in [-0.39, 0.29) is 5.91 Å². The van der Waals surface area contributed by atoms with E-state index in [1.54, 1.807) is 15.5 Å². The number of rotatable bonds is 3. The molecule has 0 saturated carbocycles. The molecule has 0 aromatic carbocycles. The lowest BCUT2D eigenvalue weighted by molar-refractivity contribution is 0.0767. The highest BCUT2D eigenvalue weighted by Crippen LogP contribution is 2.10. The van der Waals surface area contributed by atoms with Gasteiger partial charge in [-0.05, 0) is 33.8 Å². The maximum atomic E-state index is 12.2. The van der Waals surface area contributed by atoms with E-state index < -0.39 is 0 Å². The van der Waals surface area contributed by atoms with Crippen LogP contribution in [0.25, 0.3) is 5.65 Å². The van der Waals surface area contributed by atoms with Gasteiger partial charge >= 0.3 is 0 Å². The van der Waals surface area contributed by atoms with Crippen molar-refractivity contribution in [1.82, 2.24) is 19.5 Å². The molecule has 0 fully saturated rings. The van der Waals surface area contributed by atoms with Crippen molar-refractivity contribution in [2.75, 3.05) is 13.1 Å². The van der Waals surface area contributed by atoms with E-state index in [9.17, 15) is 4.79 Å². The Morgan fingerprint density at radius 3 is 2.56 bits per heavy atom. The smallest absolute Gasteiger partial charge is 0.272 e. The van der Waals surface area contributed by atoms with E-state index in [4.69, 9.17) is 0 Å². The third-order valence-corrected chi connectivity index (χ3v) is 3.00. The van der Waals surface area contributed by atoms with E-state index in [2.05, 4.69) is 10.1 Å². The van der Waals surface area contributed by atoms with Crippen molar-refractivity contribution in [2.45, 2.75) is 27.7 Å². The molecule has 96 valence electrons. The van der Waals surface area contributed by atoms with Gasteiger partial charge in [0, 0.05) is 24.8 Å². The standard InChI is InChI=1S/C13H18N4O/c1-5-16(6-2)13(18)11-8-10(4)17-12(14-11)7-9(3)15-17/h7-8H,5-6H2,1-4H3. The molecular weight excluding hydrogens is 228 g/mol. The minimum Gasteiger partial charge on any atom is -0.338 e. The van der Waals surface area contributed by atoms with E-state index >= 15 is 0 Å². The van der Waals surface area contributed by atoms with E-state index in [0.29, 0.717) is 18.8 Å². The Morgan fingerprint density at radius 2 is 1.94 bits per heavy atom. The average molecular weight is 246 g/mol. The molecule has 0 saturated heterocycles. The summed E-state index contributed by atoms with van der Waals surface area (Å²) in [5.74, 6) is -0.0237. The number of amides is 1. The van der Waals surface area contributed by atoms with E-state index in [1.165, 1.54) is 0 Å². The predicted molar refractivity (Wildman–Crippen MR) is 69.7 cm³/mol. The Balaban J connectivity index is 2.49. The van der Waals surface area contributed by atoms with Gasteiger partial charge in [-0.2, -0.15) is 5.10 Å².